The van der Waals surface area contributed by atoms with Gasteiger partial charge in [-0.25, -0.2) is 0 Å². The van der Waals surface area contributed by atoms with Gasteiger partial charge in [-0.05, 0) is 52.3 Å². The highest BCUT2D eigenvalue weighted by atomic mass is 16.7. The van der Waals surface area contributed by atoms with Gasteiger partial charge in [0.1, 0.15) is 5.75 Å². The molecule has 0 bridgehead atoms. The molecule has 1 aromatic heterocycles. The van der Waals surface area contributed by atoms with Crippen molar-refractivity contribution in [2.24, 2.45) is 0 Å². The van der Waals surface area contributed by atoms with Crippen molar-refractivity contribution in [1.29, 1.82) is 0 Å². The zero-order valence-corrected chi connectivity index (χ0v) is 20.0. The van der Waals surface area contributed by atoms with Gasteiger partial charge in [0.05, 0.1) is 24.9 Å². The van der Waals surface area contributed by atoms with E-state index in [1.807, 2.05) is 37.6 Å². The maximum Gasteiger partial charge on any atom is 0.238 e. The summed E-state index contributed by atoms with van der Waals surface area (Å²) in [4.78, 5) is 0. The molecular weight excluding hydrogens is 412 g/mol. The van der Waals surface area contributed by atoms with Crippen LogP contribution in [0.25, 0.3) is 0 Å². The summed E-state index contributed by atoms with van der Waals surface area (Å²) in [5.41, 5.74) is 3.16. The molecule has 8 nitrogen and oxygen atoms in total. The lowest BCUT2D eigenvalue weighted by molar-refractivity contribution is -0.186. The highest BCUT2D eigenvalue weighted by Crippen LogP contribution is 2.30. The molecule has 3 rings (SSSR count). The molecular formula is C24H38N2O6. The minimum Gasteiger partial charge on any atom is -0.491 e. The molecule has 0 amide bonds. The number of nitrogens with zero attached hydrogens (tertiary/aromatic N) is 2. The van der Waals surface area contributed by atoms with E-state index in [0.29, 0.717) is 25.1 Å². The van der Waals surface area contributed by atoms with Crippen LogP contribution in [0, 0.1) is 6.92 Å². The summed E-state index contributed by atoms with van der Waals surface area (Å²) in [5.74, 6) is 1.36. The Hall–Kier alpha value is -2.13. The third kappa shape index (κ3) is 6.93. The lowest BCUT2D eigenvalue weighted by atomic mass is 10.0. The Balaban J connectivity index is 0.00000176. The monoisotopic (exact) mass is 450 g/mol. The first-order valence-corrected chi connectivity index (χ1v) is 11.2. The molecule has 3 unspecified atom stereocenters. The Morgan fingerprint density at radius 1 is 1.12 bits per heavy atom. The molecule has 1 fully saturated rings. The molecule has 1 aliphatic heterocycles. The number of hydrogen-bond donors (Lipinski definition) is 3. The minimum atomic E-state index is -0.638. The molecule has 1 saturated heterocycles. The number of rotatable bonds is 8. The second kappa shape index (κ2) is 12.2. The molecule has 3 atom stereocenters. The Morgan fingerprint density at radius 3 is 2.34 bits per heavy atom. The second-order valence-corrected chi connectivity index (χ2v) is 8.51. The Morgan fingerprint density at radius 2 is 1.78 bits per heavy atom. The number of benzene rings is 1. The molecule has 0 radical (unpaired) electrons. The summed E-state index contributed by atoms with van der Waals surface area (Å²) < 4.78 is 19.6. The Bertz CT molecular complexity index is 819. The molecule has 1 aromatic carbocycles. The van der Waals surface area contributed by atoms with Crippen molar-refractivity contribution in [3.63, 3.8) is 0 Å². The van der Waals surface area contributed by atoms with Gasteiger partial charge in [-0.2, -0.15) is 0 Å². The lowest BCUT2D eigenvalue weighted by Crippen LogP contribution is -2.40. The third-order valence-electron chi connectivity index (χ3n) is 5.19. The molecule has 2 heterocycles. The number of aliphatic hydroxyl groups is 3. The molecule has 1 aliphatic rings. The molecule has 0 aliphatic carbocycles. The fourth-order valence-electron chi connectivity index (χ4n) is 3.75. The lowest BCUT2D eigenvalue weighted by Gasteiger charge is -2.31. The zero-order chi connectivity index (χ0) is 23.8. The molecule has 2 aromatic rings. The van der Waals surface area contributed by atoms with Crippen LogP contribution in [0.15, 0.2) is 24.3 Å². The van der Waals surface area contributed by atoms with Gasteiger partial charge in [-0.3, -0.25) is 4.68 Å². The van der Waals surface area contributed by atoms with Crippen LogP contribution >= 0.6 is 0 Å². The topological polar surface area (TPSA) is 106 Å². The predicted molar refractivity (Wildman–Crippen MR) is 122 cm³/mol. The summed E-state index contributed by atoms with van der Waals surface area (Å²) in [6.07, 6.45) is -0.0697. The predicted octanol–water partition coefficient (Wildman–Crippen LogP) is 3.00. The van der Waals surface area contributed by atoms with Crippen LogP contribution in [0.1, 0.15) is 63.4 Å². The van der Waals surface area contributed by atoms with E-state index in [4.69, 9.17) is 19.3 Å². The van der Waals surface area contributed by atoms with Crippen molar-refractivity contribution in [2.45, 2.75) is 84.5 Å². The van der Waals surface area contributed by atoms with Crippen LogP contribution in [0.5, 0.6) is 11.6 Å². The number of hydrogen-bond acceptors (Lipinski definition) is 7. The van der Waals surface area contributed by atoms with Crippen LogP contribution in [0.2, 0.25) is 0 Å². The van der Waals surface area contributed by atoms with E-state index in [1.165, 1.54) is 0 Å². The van der Waals surface area contributed by atoms with E-state index in [2.05, 4.69) is 31.1 Å². The van der Waals surface area contributed by atoms with Crippen LogP contribution in [0.3, 0.4) is 0 Å². The second-order valence-electron chi connectivity index (χ2n) is 8.51. The van der Waals surface area contributed by atoms with Crippen molar-refractivity contribution in [1.82, 2.24) is 9.78 Å². The smallest absolute Gasteiger partial charge is 0.238 e. The Labute approximate surface area is 190 Å². The third-order valence-corrected chi connectivity index (χ3v) is 5.19. The molecule has 180 valence electrons. The Kier molecular flexibility index (Phi) is 9.96. The van der Waals surface area contributed by atoms with Crippen molar-refractivity contribution in [3.05, 3.63) is 41.1 Å². The molecule has 3 N–H and O–H groups in total. The maximum absolute atomic E-state index is 10.1. The summed E-state index contributed by atoms with van der Waals surface area (Å²) in [6, 6.07) is 8.24. The fourth-order valence-corrected chi connectivity index (χ4v) is 3.75. The largest absolute Gasteiger partial charge is 0.491 e. The van der Waals surface area contributed by atoms with Crippen molar-refractivity contribution >= 4 is 0 Å². The standard InChI is InChI=1S/C23H34N2O5.CH4O/c1-14(2)25-16(5)21(10-17-6-8-19(9-7-17)28-15(3)4)23(24-25)30-22-12-18(27)11-20(13-26)29-22;1-2/h6-9,14-15,18,20,22,26-27H,10-13H2,1-5H3;2H,1H3. The highest BCUT2D eigenvalue weighted by molar-refractivity contribution is 5.38. The molecule has 0 spiro atoms. The number of ether oxygens (including phenoxy) is 3. The summed E-state index contributed by atoms with van der Waals surface area (Å²) in [5, 5.41) is 31.2. The van der Waals surface area contributed by atoms with Gasteiger partial charge in [0, 0.05) is 43.7 Å². The quantitative estimate of drug-likeness (QED) is 0.568. The van der Waals surface area contributed by atoms with E-state index in [1.54, 1.807) is 0 Å². The van der Waals surface area contributed by atoms with Crippen molar-refractivity contribution < 1.29 is 29.5 Å². The number of aliphatic hydroxyl groups excluding tert-OH is 3. The summed E-state index contributed by atoms with van der Waals surface area (Å²) in [7, 11) is 1.00. The molecule has 0 saturated carbocycles. The minimum absolute atomic E-state index is 0.135. The highest BCUT2D eigenvalue weighted by Gasteiger charge is 2.31. The van der Waals surface area contributed by atoms with Gasteiger partial charge in [-0.1, -0.05) is 12.1 Å². The molecule has 32 heavy (non-hydrogen) atoms. The van der Waals surface area contributed by atoms with Crippen LogP contribution < -0.4 is 9.47 Å². The normalized spacial score (nSPS) is 20.8. The van der Waals surface area contributed by atoms with Crippen molar-refractivity contribution in [3.8, 4) is 11.6 Å². The van der Waals surface area contributed by atoms with E-state index >= 15 is 0 Å². The van der Waals surface area contributed by atoms with Gasteiger partial charge in [0.2, 0.25) is 12.2 Å². The average Bonchev–Trinajstić information content (AvgIpc) is 3.05. The maximum atomic E-state index is 10.1. The first-order valence-electron chi connectivity index (χ1n) is 11.2. The number of aromatic nitrogens is 2. The van der Waals surface area contributed by atoms with Gasteiger partial charge < -0.3 is 29.5 Å². The van der Waals surface area contributed by atoms with Crippen molar-refractivity contribution in [2.75, 3.05) is 13.7 Å². The van der Waals surface area contributed by atoms with E-state index in [-0.39, 0.29) is 18.8 Å². The van der Waals surface area contributed by atoms with Gasteiger partial charge in [0.25, 0.3) is 0 Å². The van der Waals surface area contributed by atoms with E-state index in [9.17, 15) is 10.2 Å². The first kappa shape index (κ1) is 26.1. The first-order chi connectivity index (χ1) is 15.3. The summed E-state index contributed by atoms with van der Waals surface area (Å²) >= 11 is 0. The van der Waals surface area contributed by atoms with Crippen LogP contribution in [-0.4, -0.2) is 63.4 Å². The van der Waals surface area contributed by atoms with E-state index < -0.39 is 18.5 Å². The van der Waals surface area contributed by atoms with Crippen LogP contribution in [0.4, 0.5) is 0 Å². The SMILES string of the molecule is CO.Cc1c(Cc2ccc(OC(C)C)cc2)c(OC2CC(O)CC(CO)O2)nn1C(C)C. The summed E-state index contributed by atoms with van der Waals surface area (Å²) in [6.45, 7) is 10.1. The molecule has 8 heteroatoms. The fraction of sp³-hybridized carbons (Fsp3) is 0.625. The zero-order valence-electron chi connectivity index (χ0n) is 20.0. The van der Waals surface area contributed by atoms with E-state index in [0.717, 1.165) is 29.7 Å². The van der Waals surface area contributed by atoms with Gasteiger partial charge in [-0.15, -0.1) is 5.10 Å². The van der Waals surface area contributed by atoms with Gasteiger partial charge >= 0.3 is 0 Å². The van der Waals surface area contributed by atoms with Gasteiger partial charge in [0.15, 0.2) is 0 Å². The van der Waals surface area contributed by atoms with Crippen LogP contribution in [-0.2, 0) is 11.2 Å². The average molecular weight is 451 g/mol.